The molecule has 16 heteroatoms. The number of nitrogens with zero attached hydrogens (tertiary/aromatic N) is 4. The molecule has 3 N–H and O–H groups in total. The van der Waals surface area contributed by atoms with E-state index >= 15 is 4.39 Å². The van der Waals surface area contributed by atoms with Gasteiger partial charge in [0.15, 0.2) is 29.4 Å². The third kappa shape index (κ3) is 6.62. The van der Waals surface area contributed by atoms with Crippen LogP contribution in [0.4, 0.5) is 10.2 Å². The lowest BCUT2D eigenvalue weighted by Gasteiger charge is -2.31. The van der Waals surface area contributed by atoms with Gasteiger partial charge in [-0.2, -0.15) is 5.09 Å². The number of esters is 1. The first-order valence-corrected chi connectivity index (χ1v) is 16.3. The number of alkyl halides is 2. The number of benzene rings is 2. The van der Waals surface area contributed by atoms with E-state index in [1.165, 1.54) is 17.8 Å². The Labute approximate surface area is 264 Å². The van der Waals surface area contributed by atoms with Gasteiger partial charge in [0.1, 0.15) is 29.3 Å². The largest absolute Gasteiger partial charge is 0.462 e. The molecule has 1 aliphatic rings. The molecule has 45 heavy (non-hydrogen) atoms. The summed E-state index contributed by atoms with van der Waals surface area (Å²) in [6.45, 7) is 5.78. The van der Waals surface area contributed by atoms with Gasteiger partial charge in [-0.3, -0.25) is 13.9 Å². The van der Waals surface area contributed by atoms with Crippen LogP contribution in [0.1, 0.15) is 32.8 Å². The van der Waals surface area contributed by atoms with Crippen LogP contribution in [0, 0.1) is 6.92 Å². The van der Waals surface area contributed by atoms with E-state index in [2.05, 4.69) is 25.4 Å². The van der Waals surface area contributed by atoms with Gasteiger partial charge in [-0.15, -0.1) is 11.6 Å². The zero-order valence-electron chi connectivity index (χ0n) is 25.3. The van der Waals surface area contributed by atoms with Crippen molar-refractivity contribution in [2.75, 3.05) is 24.9 Å². The highest BCUT2D eigenvalue weighted by atomic mass is 35.5. The van der Waals surface area contributed by atoms with Crippen molar-refractivity contribution in [1.82, 2.24) is 24.6 Å². The first-order valence-electron chi connectivity index (χ1n) is 14.3. The van der Waals surface area contributed by atoms with Crippen LogP contribution in [0.25, 0.3) is 21.9 Å². The van der Waals surface area contributed by atoms with E-state index in [4.69, 9.17) is 30.1 Å². The van der Waals surface area contributed by atoms with Crippen molar-refractivity contribution < 1.29 is 37.4 Å². The molecule has 3 heterocycles. The molecule has 1 unspecified atom stereocenters. The summed E-state index contributed by atoms with van der Waals surface area (Å²) >= 11 is 6.31. The molecule has 242 valence electrons. The van der Waals surface area contributed by atoms with Crippen molar-refractivity contribution in [1.29, 1.82) is 0 Å². The number of imidazole rings is 1. The summed E-state index contributed by atoms with van der Waals surface area (Å²) in [5.41, 5.74) is -1.26. The summed E-state index contributed by atoms with van der Waals surface area (Å²) in [5, 5.41) is 18.1. The number of nitrogens with one attached hydrogen (secondary N) is 2. The normalized spacial score (nSPS) is 23.7. The SMILES string of the molecule is CNc1nc(C)nc2c1ncn2[C@@H]1O[C@](CCl)(COP(=O)(N[C@H](C)C(=O)OC(C)C)Oc2cccc3ccccc23)[C@@H](O)[C@@H]1F. The smallest absolute Gasteiger partial charge is 0.459 e. The molecule has 0 spiro atoms. The summed E-state index contributed by atoms with van der Waals surface area (Å²) in [7, 11) is -2.79. The van der Waals surface area contributed by atoms with Crippen LogP contribution >= 0.6 is 19.3 Å². The van der Waals surface area contributed by atoms with E-state index in [9.17, 15) is 14.5 Å². The number of hydrogen-bond acceptors (Lipinski definition) is 11. The lowest BCUT2D eigenvalue weighted by Crippen LogP contribution is -2.48. The number of rotatable bonds is 12. The second kappa shape index (κ2) is 13.1. The van der Waals surface area contributed by atoms with Gasteiger partial charge in [-0.1, -0.05) is 36.4 Å². The average molecular weight is 665 g/mol. The van der Waals surface area contributed by atoms with Crippen molar-refractivity contribution in [2.24, 2.45) is 0 Å². The number of aliphatic hydroxyl groups is 1. The van der Waals surface area contributed by atoms with Crippen molar-refractivity contribution >= 4 is 53.1 Å². The first kappa shape index (κ1) is 33.0. The summed E-state index contributed by atoms with van der Waals surface area (Å²) in [6, 6.07) is 11.3. The van der Waals surface area contributed by atoms with Crippen LogP contribution in [-0.2, 0) is 23.4 Å². The number of fused-ring (bicyclic) bond motifs is 2. The second-order valence-electron chi connectivity index (χ2n) is 11.0. The van der Waals surface area contributed by atoms with Crippen molar-refractivity contribution in [2.45, 2.75) is 63.9 Å². The number of carbonyl (C=O) groups is 1. The molecule has 5 rings (SSSR count). The summed E-state index contributed by atoms with van der Waals surface area (Å²) in [4.78, 5) is 25.6. The van der Waals surface area contributed by atoms with Gasteiger partial charge in [0.2, 0.25) is 0 Å². The Bertz CT molecular complexity index is 1740. The van der Waals surface area contributed by atoms with Crippen LogP contribution in [-0.4, -0.2) is 80.2 Å². The summed E-state index contributed by atoms with van der Waals surface area (Å²) in [6.07, 6.45) is -4.36. The number of halogens is 2. The zero-order chi connectivity index (χ0) is 32.5. The second-order valence-corrected chi connectivity index (χ2v) is 12.9. The molecule has 4 aromatic rings. The van der Waals surface area contributed by atoms with Crippen LogP contribution in [0.3, 0.4) is 0 Å². The molecule has 2 aromatic carbocycles. The number of ether oxygens (including phenoxy) is 2. The van der Waals surface area contributed by atoms with E-state index in [1.54, 1.807) is 52.1 Å². The number of hydrogen-bond donors (Lipinski definition) is 3. The summed E-state index contributed by atoms with van der Waals surface area (Å²) < 4.78 is 54.6. The number of carbonyl (C=O) groups excluding carboxylic acids is 1. The van der Waals surface area contributed by atoms with Gasteiger partial charge in [-0.05, 0) is 39.1 Å². The van der Waals surface area contributed by atoms with E-state index < -0.39 is 62.5 Å². The van der Waals surface area contributed by atoms with Crippen LogP contribution in [0.5, 0.6) is 5.75 Å². The van der Waals surface area contributed by atoms with Crippen molar-refractivity contribution in [3.8, 4) is 5.75 Å². The highest BCUT2D eigenvalue weighted by Crippen LogP contribution is 2.50. The fourth-order valence-corrected chi connectivity index (χ4v) is 6.86. The molecule has 0 amide bonds. The number of anilines is 1. The topological polar surface area (TPSA) is 159 Å². The lowest BCUT2D eigenvalue weighted by molar-refractivity contribution is -0.149. The van der Waals surface area contributed by atoms with Crippen molar-refractivity contribution in [3.63, 3.8) is 0 Å². The Morgan fingerprint density at radius 2 is 1.96 bits per heavy atom. The number of aromatic nitrogens is 4. The van der Waals surface area contributed by atoms with E-state index in [-0.39, 0.29) is 11.4 Å². The Kier molecular flexibility index (Phi) is 9.64. The van der Waals surface area contributed by atoms with Crippen molar-refractivity contribution in [3.05, 3.63) is 54.6 Å². The Hall–Kier alpha value is -3.39. The Balaban J connectivity index is 1.45. The highest BCUT2D eigenvalue weighted by molar-refractivity contribution is 7.52. The quantitative estimate of drug-likeness (QED) is 0.109. The van der Waals surface area contributed by atoms with Crippen LogP contribution in [0.2, 0.25) is 0 Å². The van der Waals surface area contributed by atoms with Gasteiger partial charge >= 0.3 is 13.7 Å². The minimum atomic E-state index is -4.46. The van der Waals surface area contributed by atoms with Crippen LogP contribution in [0.15, 0.2) is 48.8 Å². The number of aryl methyl sites for hydroxylation is 1. The molecule has 13 nitrogen and oxygen atoms in total. The molecule has 0 saturated carbocycles. The Morgan fingerprint density at radius 1 is 1.22 bits per heavy atom. The standard InChI is InChI=1S/C29H35ClFN6O7P/c1-16(2)42-28(39)17(3)36-45(40,44-21-12-8-10-19-9-6-7-11-20(19)21)41-14-29(13-30)24(38)22(31)27(43-29)37-15-33-23-25(32-5)34-18(4)35-26(23)37/h6-12,15-17,22,24,27,38H,13-14H2,1-5H3,(H,36,40)(H,32,34,35)/t17-,22+,24+,27-,29-,45?/m1/s1. The molecule has 6 atom stereocenters. The average Bonchev–Trinajstić information content (AvgIpc) is 3.54. The van der Waals surface area contributed by atoms with E-state index in [0.717, 1.165) is 5.39 Å². The maximum Gasteiger partial charge on any atom is 0.459 e. The van der Waals surface area contributed by atoms with Gasteiger partial charge in [0.05, 0.1) is 24.9 Å². The van der Waals surface area contributed by atoms with Gasteiger partial charge in [0, 0.05) is 12.4 Å². The molecular weight excluding hydrogens is 630 g/mol. The maximum atomic E-state index is 15.8. The molecule has 0 aliphatic carbocycles. The molecule has 1 saturated heterocycles. The van der Waals surface area contributed by atoms with Crippen LogP contribution < -0.4 is 14.9 Å². The van der Waals surface area contributed by atoms with Gasteiger partial charge in [0.25, 0.3) is 0 Å². The molecule has 0 bridgehead atoms. The highest BCUT2D eigenvalue weighted by Gasteiger charge is 2.57. The molecular formula is C29H35ClFN6O7P. The minimum absolute atomic E-state index is 0.197. The Morgan fingerprint density at radius 3 is 2.67 bits per heavy atom. The predicted molar refractivity (Wildman–Crippen MR) is 166 cm³/mol. The molecule has 1 fully saturated rings. The lowest BCUT2D eigenvalue weighted by atomic mass is 9.99. The number of aliphatic hydroxyl groups excluding tert-OH is 1. The minimum Gasteiger partial charge on any atom is -0.462 e. The first-order chi connectivity index (χ1) is 21.4. The molecule has 0 radical (unpaired) electrons. The zero-order valence-corrected chi connectivity index (χ0v) is 27.0. The third-order valence-corrected chi connectivity index (χ3v) is 9.31. The fourth-order valence-electron chi connectivity index (χ4n) is 5.00. The van der Waals surface area contributed by atoms with E-state index in [1.807, 2.05) is 18.2 Å². The monoisotopic (exact) mass is 664 g/mol. The summed E-state index contributed by atoms with van der Waals surface area (Å²) in [5.74, 6) is -0.124. The maximum absolute atomic E-state index is 15.8. The fraction of sp³-hybridized carbons (Fsp3) is 0.448. The molecule has 1 aliphatic heterocycles. The molecule has 2 aromatic heterocycles. The van der Waals surface area contributed by atoms with Gasteiger partial charge < -0.3 is 24.4 Å². The van der Waals surface area contributed by atoms with E-state index in [0.29, 0.717) is 22.5 Å². The van der Waals surface area contributed by atoms with Gasteiger partial charge in [-0.25, -0.2) is 23.9 Å². The third-order valence-electron chi connectivity index (χ3n) is 7.24. The predicted octanol–water partition coefficient (Wildman–Crippen LogP) is 4.67.